The van der Waals surface area contributed by atoms with E-state index < -0.39 is 17.6 Å². The molecule has 0 aliphatic heterocycles. The fourth-order valence-electron chi connectivity index (χ4n) is 2.91. The average molecular weight is 257 g/mol. The Bertz CT molecular complexity index is 258. The maximum Gasteiger partial charge on any atom is 0.323 e. The zero-order chi connectivity index (χ0) is 13.6. The van der Waals surface area contributed by atoms with Crippen LogP contribution in [0, 0.1) is 5.92 Å². The highest BCUT2D eigenvalue weighted by molar-refractivity contribution is 5.78. The topological polar surface area (TPSA) is 69.6 Å². The van der Waals surface area contributed by atoms with E-state index in [-0.39, 0.29) is 0 Å². The summed E-state index contributed by atoms with van der Waals surface area (Å²) >= 11 is 0. The summed E-state index contributed by atoms with van der Waals surface area (Å²) in [6.07, 6.45) is 6.41. The molecule has 3 N–H and O–H groups in total. The molecule has 0 saturated heterocycles. The van der Waals surface area contributed by atoms with E-state index in [2.05, 4.69) is 5.32 Å². The quantitative estimate of drug-likeness (QED) is 0.623. The summed E-state index contributed by atoms with van der Waals surface area (Å²) in [5.41, 5.74) is -0.878. The van der Waals surface area contributed by atoms with Crippen molar-refractivity contribution in [3.05, 3.63) is 0 Å². The number of nitrogens with one attached hydrogen (secondary N) is 1. The highest BCUT2D eigenvalue weighted by Crippen LogP contribution is 2.28. The molecule has 0 heterocycles. The van der Waals surface area contributed by atoms with Crippen molar-refractivity contribution in [3.8, 4) is 0 Å². The largest absolute Gasteiger partial charge is 0.480 e. The standard InChI is InChI=1S/C14H27NO3/c1-3-14(4-2,13(17)18)15-10-12(16)9-11-7-5-6-8-11/h11-12,15-16H,3-10H2,1-2H3,(H,17,18). The van der Waals surface area contributed by atoms with Crippen molar-refractivity contribution in [3.63, 3.8) is 0 Å². The van der Waals surface area contributed by atoms with Crippen molar-refractivity contribution < 1.29 is 15.0 Å². The van der Waals surface area contributed by atoms with Crippen LogP contribution in [0.3, 0.4) is 0 Å². The first kappa shape index (κ1) is 15.4. The number of carboxylic acid groups (broad SMARTS) is 1. The van der Waals surface area contributed by atoms with Gasteiger partial charge in [0.1, 0.15) is 5.54 Å². The molecule has 0 aromatic carbocycles. The normalized spacial score (nSPS) is 19.1. The van der Waals surface area contributed by atoms with Crippen LogP contribution in [0.2, 0.25) is 0 Å². The van der Waals surface area contributed by atoms with E-state index in [1.807, 2.05) is 13.8 Å². The molecule has 0 amide bonds. The van der Waals surface area contributed by atoms with Gasteiger partial charge in [0.25, 0.3) is 0 Å². The molecule has 1 unspecified atom stereocenters. The second-order valence-electron chi connectivity index (χ2n) is 5.52. The van der Waals surface area contributed by atoms with E-state index in [1.54, 1.807) is 0 Å². The highest BCUT2D eigenvalue weighted by Gasteiger charge is 2.34. The molecule has 0 spiro atoms. The predicted octanol–water partition coefficient (Wildman–Crippen LogP) is 2.16. The lowest BCUT2D eigenvalue weighted by Gasteiger charge is -2.29. The van der Waals surface area contributed by atoms with Crippen molar-refractivity contribution in [2.75, 3.05) is 6.54 Å². The summed E-state index contributed by atoms with van der Waals surface area (Å²) < 4.78 is 0. The van der Waals surface area contributed by atoms with E-state index in [9.17, 15) is 15.0 Å². The molecular formula is C14H27NO3. The number of rotatable bonds is 8. The van der Waals surface area contributed by atoms with E-state index in [0.717, 1.165) is 6.42 Å². The molecule has 18 heavy (non-hydrogen) atoms. The molecule has 4 nitrogen and oxygen atoms in total. The van der Waals surface area contributed by atoms with Gasteiger partial charge in [-0.3, -0.25) is 10.1 Å². The van der Waals surface area contributed by atoms with E-state index in [1.165, 1.54) is 25.7 Å². The number of hydrogen-bond acceptors (Lipinski definition) is 3. The van der Waals surface area contributed by atoms with Crippen molar-refractivity contribution in [1.82, 2.24) is 5.32 Å². The average Bonchev–Trinajstić information content (AvgIpc) is 2.83. The third-order valence-electron chi connectivity index (χ3n) is 4.37. The maximum atomic E-state index is 11.3. The maximum absolute atomic E-state index is 11.3. The van der Waals surface area contributed by atoms with Gasteiger partial charge in [-0.1, -0.05) is 39.5 Å². The van der Waals surface area contributed by atoms with Crippen LogP contribution in [0.25, 0.3) is 0 Å². The molecule has 1 fully saturated rings. The molecule has 0 aromatic heterocycles. The Hall–Kier alpha value is -0.610. The minimum atomic E-state index is -0.878. The second kappa shape index (κ2) is 7.10. The minimum Gasteiger partial charge on any atom is -0.480 e. The van der Waals surface area contributed by atoms with Crippen molar-refractivity contribution in [1.29, 1.82) is 0 Å². The number of aliphatic hydroxyl groups excluding tert-OH is 1. The lowest BCUT2D eigenvalue weighted by atomic mass is 9.92. The van der Waals surface area contributed by atoms with Gasteiger partial charge in [-0.05, 0) is 25.2 Å². The van der Waals surface area contributed by atoms with Gasteiger partial charge in [0.15, 0.2) is 0 Å². The molecule has 0 radical (unpaired) electrons. The van der Waals surface area contributed by atoms with Crippen LogP contribution in [0.1, 0.15) is 58.8 Å². The summed E-state index contributed by atoms with van der Waals surface area (Å²) in [5.74, 6) is -0.190. The first-order valence-corrected chi connectivity index (χ1v) is 7.20. The molecule has 1 saturated carbocycles. The van der Waals surface area contributed by atoms with Crippen LogP contribution in [-0.2, 0) is 4.79 Å². The van der Waals surface area contributed by atoms with Crippen molar-refractivity contribution >= 4 is 5.97 Å². The Balaban J connectivity index is 2.38. The third kappa shape index (κ3) is 3.95. The van der Waals surface area contributed by atoms with Crippen LogP contribution in [0.5, 0.6) is 0 Å². The molecule has 1 atom stereocenters. The molecule has 106 valence electrons. The van der Waals surface area contributed by atoms with Gasteiger partial charge in [0.05, 0.1) is 6.10 Å². The highest BCUT2D eigenvalue weighted by atomic mass is 16.4. The van der Waals surface area contributed by atoms with Gasteiger partial charge < -0.3 is 10.2 Å². The molecule has 1 rings (SSSR count). The van der Waals surface area contributed by atoms with Gasteiger partial charge in [-0.2, -0.15) is 0 Å². The molecule has 1 aliphatic carbocycles. The zero-order valence-corrected chi connectivity index (χ0v) is 11.6. The molecule has 4 heteroatoms. The van der Waals surface area contributed by atoms with E-state index in [0.29, 0.717) is 25.3 Å². The number of carboxylic acids is 1. The fraction of sp³-hybridized carbons (Fsp3) is 0.929. The van der Waals surface area contributed by atoms with Gasteiger partial charge in [0, 0.05) is 6.54 Å². The Morgan fingerprint density at radius 3 is 2.33 bits per heavy atom. The third-order valence-corrected chi connectivity index (χ3v) is 4.37. The fourth-order valence-corrected chi connectivity index (χ4v) is 2.91. The Morgan fingerprint density at radius 2 is 1.89 bits per heavy atom. The summed E-state index contributed by atoms with van der Waals surface area (Å²) in [6.45, 7) is 4.12. The SMILES string of the molecule is CCC(CC)(NCC(O)CC1CCCC1)C(=O)O. The van der Waals surface area contributed by atoms with Crippen LogP contribution in [-0.4, -0.2) is 34.4 Å². The minimum absolute atomic E-state index is 0.379. The van der Waals surface area contributed by atoms with Crippen LogP contribution in [0.4, 0.5) is 0 Å². The monoisotopic (exact) mass is 257 g/mol. The van der Waals surface area contributed by atoms with Gasteiger partial charge in [-0.25, -0.2) is 0 Å². The lowest BCUT2D eigenvalue weighted by molar-refractivity contribution is -0.145. The van der Waals surface area contributed by atoms with Crippen LogP contribution >= 0.6 is 0 Å². The predicted molar refractivity (Wildman–Crippen MR) is 71.5 cm³/mol. The van der Waals surface area contributed by atoms with E-state index in [4.69, 9.17) is 0 Å². The Kier molecular flexibility index (Phi) is 6.09. The summed E-state index contributed by atoms with van der Waals surface area (Å²) in [4.78, 5) is 11.3. The molecule has 0 bridgehead atoms. The second-order valence-corrected chi connectivity index (χ2v) is 5.52. The summed E-state index contributed by atoms with van der Waals surface area (Å²) in [6, 6.07) is 0. The summed E-state index contributed by atoms with van der Waals surface area (Å²) in [5, 5.41) is 22.3. The first-order valence-electron chi connectivity index (χ1n) is 7.20. The zero-order valence-electron chi connectivity index (χ0n) is 11.6. The Morgan fingerprint density at radius 1 is 1.33 bits per heavy atom. The summed E-state index contributed by atoms with van der Waals surface area (Å²) in [7, 11) is 0. The lowest BCUT2D eigenvalue weighted by Crippen LogP contribution is -2.53. The van der Waals surface area contributed by atoms with Crippen molar-refractivity contribution in [2.45, 2.75) is 70.4 Å². The number of aliphatic carboxylic acids is 1. The number of hydrogen-bond donors (Lipinski definition) is 3. The Labute approximate surface area is 110 Å². The number of β-amino-alcohol motifs (C(OH)–C–C–N with tert-alkyl or cyclic N) is 1. The van der Waals surface area contributed by atoms with Gasteiger partial charge in [0.2, 0.25) is 0 Å². The van der Waals surface area contributed by atoms with Crippen LogP contribution < -0.4 is 5.32 Å². The van der Waals surface area contributed by atoms with Crippen LogP contribution in [0.15, 0.2) is 0 Å². The van der Waals surface area contributed by atoms with Gasteiger partial charge >= 0.3 is 5.97 Å². The molecule has 0 aromatic rings. The first-order chi connectivity index (χ1) is 8.54. The number of aliphatic hydroxyl groups is 1. The van der Waals surface area contributed by atoms with E-state index >= 15 is 0 Å². The number of carbonyl (C=O) groups is 1. The molecule has 1 aliphatic rings. The van der Waals surface area contributed by atoms with Crippen molar-refractivity contribution in [2.24, 2.45) is 5.92 Å². The molecular weight excluding hydrogens is 230 g/mol. The smallest absolute Gasteiger partial charge is 0.323 e. The van der Waals surface area contributed by atoms with Gasteiger partial charge in [-0.15, -0.1) is 0 Å².